The van der Waals surface area contributed by atoms with Crippen molar-refractivity contribution in [1.82, 2.24) is 0 Å². The second-order valence-electron chi connectivity index (χ2n) is 7.00. The monoisotopic (exact) mass is 356 g/mol. The number of amides is 1. The molecule has 0 saturated carbocycles. The molecular formula is C20H24N2O4. The Balaban J connectivity index is 2.52. The molecular weight excluding hydrogens is 332 g/mol. The fourth-order valence-corrected chi connectivity index (χ4v) is 2.64. The molecule has 6 nitrogen and oxygen atoms in total. The van der Waals surface area contributed by atoms with Gasteiger partial charge in [-0.2, -0.15) is 0 Å². The summed E-state index contributed by atoms with van der Waals surface area (Å²) in [4.78, 5) is 25.0. The molecule has 0 N–H and O–H groups in total. The summed E-state index contributed by atoms with van der Waals surface area (Å²) in [6.07, 6.45) is -0.450. The van der Waals surface area contributed by atoms with Crippen LogP contribution in [-0.2, 0) is 4.74 Å². The third-order valence-electron chi connectivity index (χ3n) is 3.84. The van der Waals surface area contributed by atoms with Crippen molar-refractivity contribution in [3.05, 3.63) is 58.1 Å². The van der Waals surface area contributed by atoms with Gasteiger partial charge in [0.05, 0.1) is 10.6 Å². The first-order valence-electron chi connectivity index (χ1n) is 8.49. The molecule has 0 aliphatic carbocycles. The van der Waals surface area contributed by atoms with E-state index >= 15 is 0 Å². The second kappa shape index (κ2) is 7.56. The van der Waals surface area contributed by atoms with Gasteiger partial charge in [-0.3, -0.25) is 15.0 Å². The fourth-order valence-electron chi connectivity index (χ4n) is 2.64. The van der Waals surface area contributed by atoms with E-state index in [0.29, 0.717) is 23.4 Å². The van der Waals surface area contributed by atoms with Gasteiger partial charge in [-0.05, 0) is 46.2 Å². The number of hydrogen-bond acceptors (Lipinski definition) is 4. The Morgan fingerprint density at radius 1 is 1.19 bits per heavy atom. The lowest BCUT2D eigenvalue weighted by Crippen LogP contribution is -2.37. The molecule has 0 bridgehead atoms. The van der Waals surface area contributed by atoms with Gasteiger partial charge in [-0.1, -0.05) is 30.3 Å². The molecule has 0 aliphatic rings. The third-order valence-corrected chi connectivity index (χ3v) is 3.84. The molecule has 0 aliphatic heterocycles. The number of carbonyl (C=O) groups is 1. The van der Waals surface area contributed by atoms with Crippen LogP contribution >= 0.6 is 0 Å². The molecule has 0 aromatic heterocycles. The zero-order valence-corrected chi connectivity index (χ0v) is 15.8. The van der Waals surface area contributed by atoms with E-state index in [0.717, 1.165) is 5.56 Å². The molecule has 0 unspecified atom stereocenters. The maximum atomic E-state index is 12.6. The first-order valence-corrected chi connectivity index (χ1v) is 8.49. The highest BCUT2D eigenvalue weighted by Gasteiger charge is 2.24. The largest absolute Gasteiger partial charge is 0.443 e. The minimum atomic E-state index is -0.609. The number of ether oxygens (including phenoxy) is 1. The smallest absolute Gasteiger partial charge is 0.414 e. The van der Waals surface area contributed by atoms with E-state index < -0.39 is 16.6 Å². The fraction of sp³-hybridized carbons (Fsp3) is 0.350. The van der Waals surface area contributed by atoms with E-state index in [2.05, 4.69) is 0 Å². The van der Waals surface area contributed by atoms with E-state index in [1.807, 2.05) is 58.0 Å². The highest BCUT2D eigenvalue weighted by molar-refractivity contribution is 5.94. The van der Waals surface area contributed by atoms with Crippen LogP contribution in [0.2, 0.25) is 0 Å². The van der Waals surface area contributed by atoms with Crippen molar-refractivity contribution in [1.29, 1.82) is 0 Å². The summed E-state index contributed by atoms with van der Waals surface area (Å²) < 4.78 is 5.50. The van der Waals surface area contributed by atoms with Crippen LogP contribution in [0.1, 0.15) is 33.3 Å². The normalized spacial score (nSPS) is 11.1. The van der Waals surface area contributed by atoms with Crippen LogP contribution in [-0.4, -0.2) is 23.2 Å². The molecule has 0 radical (unpaired) electrons. The first kappa shape index (κ1) is 19.4. The number of aryl methyl sites for hydroxylation is 1. The average molecular weight is 356 g/mol. The van der Waals surface area contributed by atoms with Crippen LogP contribution in [0, 0.1) is 17.0 Å². The standard InChI is InChI=1S/C20H24N2O4/c1-6-21(19(23)26-20(3,4)5)17-10-8-7-9-16(17)15-12-11-14(2)18(13-15)22(24)25/h7-13H,6H2,1-5H3. The van der Waals surface area contributed by atoms with E-state index in [1.54, 1.807) is 13.0 Å². The van der Waals surface area contributed by atoms with Gasteiger partial charge in [0.1, 0.15) is 5.60 Å². The van der Waals surface area contributed by atoms with Gasteiger partial charge >= 0.3 is 6.09 Å². The topological polar surface area (TPSA) is 72.7 Å². The van der Waals surface area contributed by atoms with Gasteiger partial charge in [-0.15, -0.1) is 0 Å². The van der Waals surface area contributed by atoms with E-state index in [4.69, 9.17) is 4.74 Å². The van der Waals surface area contributed by atoms with Crippen molar-refractivity contribution in [2.45, 2.75) is 40.2 Å². The maximum absolute atomic E-state index is 12.6. The van der Waals surface area contributed by atoms with Gasteiger partial charge in [0.2, 0.25) is 0 Å². The zero-order chi connectivity index (χ0) is 19.5. The van der Waals surface area contributed by atoms with Crippen molar-refractivity contribution in [2.24, 2.45) is 0 Å². The molecule has 6 heteroatoms. The number of para-hydroxylation sites is 1. The molecule has 0 fully saturated rings. The Morgan fingerprint density at radius 2 is 1.85 bits per heavy atom. The van der Waals surface area contributed by atoms with Crippen molar-refractivity contribution in [3.8, 4) is 11.1 Å². The minimum Gasteiger partial charge on any atom is -0.443 e. The predicted molar refractivity (Wildman–Crippen MR) is 103 cm³/mol. The first-order chi connectivity index (χ1) is 12.1. The number of carbonyl (C=O) groups excluding carboxylic acids is 1. The Bertz CT molecular complexity index is 825. The summed E-state index contributed by atoms with van der Waals surface area (Å²) in [6, 6.07) is 12.4. The summed E-state index contributed by atoms with van der Waals surface area (Å²) in [5.41, 5.74) is 2.11. The average Bonchev–Trinajstić information content (AvgIpc) is 2.54. The molecule has 2 rings (SSSR count). The van der Waals surface area contributed by atoms with Crippen molar-refractivity contribution >= 4 is 17.5 Å². The van der Waals surface area contributed by atoms with Crippen LogP contribution in [0.4, 0.5) is 16.2 Å². The van der Waals surface area contributed by atoms with Crippen molar-refractivity contribution < 1.29 is 14.5 Å². The van der Waals surface area contributed by atoms with Gasteiger partial charge in [0.25, 0.3) is 5.69 Å². The van der Waals surface area contributed by atoms with Crippen LogP contribution in [0.15, 0.2) is 42.5 Å². The number of rotatable bonds is 4. The molecule has 0 heterocycles. The maximum Gasteiger partial charge on any atom is 0.414 e. The number of nitro groups is 1. The van der Waals surface area contributed by atoms with Crippen LogP contribution in [0.3, 0.4) is 0 Å². The minimum absolute atomic E-state index is 0.0534. The van der Waals surface area contributed by atoms with Crippen LogP contribution in [0.25, 0.3) is 11.1 Å². The van der Waals surface area contributed by atoms with Gasteiger partial charge in [-0.25, -0.2) is 4.79 Å². The van der Waals surface area contributed by atoms with E-state index in [9.17, 15) is 14.9 Å². The molecule has 0 atom stereocenters. The number of hydrogen-bond donors (Lipinski definition) is 0. The lowest BCUT2D eigenvalue weighted by atomic mass is 10.0. The molecule has 138 valence electrons. The highest BCUT2D eigenvalue weighted by atomic mass is 16.6. The van der Waals surface area contributed by atoms with Gasteiger partial charge in [0.15, 0.2) is 0 Å². The second-order valence-corrected chi connectivity index (χ2v) is 7.00. The molecule has 0 spiro atoms. The Hall–Kier alpha value is -2.89. The zero-order valence-electron chi connectivity index (χ0n) is 15.8. The summed E-state index contributed by atoms with van der Waals surface area (Å²) >= 11 is 0. The molecule has 2 aromatic rings. The van der Waals surface area contributed by atoms with Crippen molar-refractivity contribution in [2.75, 3.05) is 11.4 Å². The SMILES string of the molecule is CCN(C(=O)OC(C)(C)C)c1ccccc1-c1ccc(C)c([N+](=O)[O-])c1. The Morgan fingerprint density at radius 3 is 2.42 bits per heavy atom. The highest BCUT2D eigenvalue weighted by Crippen LogP contribution is 2.34. The predicted octanol–water partition coefficient (Wildman–Crippen LogP) is 5.33. The summed E-state index contributed by atoms with van der Waals surface area (Å²) in [5, 5.41) is 11.3. The van der Waals surface area contributed by atoms with Crippen molar-refractivity contribution in [3.63, 3.8) is 0 Å². The third kappa shape index (κ3) is 4.39. The quantitative estimate of drug-likeness (QED) is 0.548. The number of anilines is 1. The molecule has 2 aromatic carbocycles. The van der Waals surface area contributed by atoms with Gasteiger partial charge < -0.3 is 4.74 Å². The Labute approximate surface area is 153 Å². The molecule has 1 amide bonds. The van der Waals surface area contributed by atoms with Gasteiger partial charge in [0, 0.05) is 23.7 Å². The molecule has 26 heavy (non-hydrogen) atoms. The Kier molecular flexibility index (Phi) is 5.65. The van der Waals surface area contributed by atoms with E-state index in [-0.39, 0.29) is 5.69 Å². The lowest BCUT2D eigenvalue weighted by molar-refractivity contribution is -0.385. The lowest BCUT2D eigenvalue weighted by Gasteiger charge is -2.28. The number of benzene rings is 2. The number of nitrogens with zero attached hydrogens (tertiary/aromatic N) is 2. The van der Waals surface area contributed by atoms with Crippen LogP contribution in [0.5, 0.6) is 0 Å². The van der Waals surface area contributed by atoms with Crippen LogP contribution < -0.4 is 4.90 Å². The molecule has 0 saturated heterocycles. The van der Waals surface area contributed by atoms with E-state index in [1.165, 1.54) is 11.0 Å². The summed E-state index contributed by atoms with van der Waals surface area (Å²) in [7, 11) is 0. The summed E-state index contributed by atoms with van der Waals surface area (Å²) in [6.45, 7) is 9.42. The number of nitro benzene ring substituents is 1. The summed E-state index contributed by atoms with van der Waals surface area (Å²) in [5.74, 6) is 0.